The van der Waals surface area contributed by atoms with Crippen LogP contribution in [0.4, 0.5) is 0 Å². The fourth-order valence-electron chi connectivity index (χ4n) is 1.85. The highest BCUT2D eigenvalue weighted by Gasteiger charge is 2.14. The van der Waals surface area contributed by atoms with Gasteiger partial charge in [0, 0.05) is 25.7 Å². The Balaban J connectivity index is 2.35. The van der Waals surface area contributed by atoms with Crippen LogP contribution in [0.5, 0.6) is 0 Å². The van der Waals surface area contributed by atoms with Gasteiger partial charge in [-0.3, -0.25) is 9.59 Å². The monoisotopic (exact) mass is 308 g/mol. The van der Waals surface area contributed by atoms with E-state index < -0.39 is 5.97 Å². The van der Waals surface area contributed by atoms with Crippen molar-refractivity contribution in [2.75, 3.05) is 12.8 Å². The van der Waals surface area contributed by atoms with E-state index in [1.807, 2.05) is 19.1 Å². The number of imidazole rings is 1. The Labute approximate surface area is 125 Å². The highest BCUT2D eigenvalue weighted by molar-refractivity contribution is 7.99. The predicted octanol–water partition coefficient (Wildman–Crippen LogP) is 1.05. The van der Waals surface area contributed by atoms with Crippen LogP contribution in [0, 0.1) is 6.92 Å². The van der Waals surface area contributed by atoms with Crippen LogP contribution in [0.25, 0.3) is 11.2 Å². The third-order valence-corrected chi connectivity index (χ3v) is 3.82. The lowest BCUT2D eigenvalue weighted by Gasteiger charge is -2.07. The number of carboxylic acid groups (broad SMARTS) is 1. The molecule has 1 amide bonds. The normalized spacial score (nSPS) is 10.8. The summed E-state index contributed by atoms with van der Waals surface area (Å²) in [5, 5.41) is 11.9. The van der Waals surface area contributed by atoms with Gasteiger partial charge in [-0.1, -0.05) is 11.8 Å². The van der Waals surface area contributed by atoms with Gasteiger partial charge in [0.2, 0.25) is 5.91 Å². The van der Waals surface area contributed by atoms with Gasteiger partial charge in [-0.25, -0.2) is 9.97 Å². The molecule has 0 saturated carbocycles. The summed E-state index contributed by atoms with van der Waals surface area (Å²) >= 11 is 1.13. The Hall–Kier alpha value is -2.09. The number of aliphatic carboxylic acids is 1. The Kier molecular flexibility index (Phi) is 4.79. The molecule has 2 aromatic rings. The molecule has 0 fully saturated rings. The van der Waals surface area contributed by atoms with Gasteiger partial charge in [0.15, 0.2) is 10.8 Å². The quantitative estimate of drug-likeness (QED) is 0.774. The molecule has 2 aromatic heterocycles. The van der Waals surface area contributed by atoms with Crippen LogP contribution in [0.15, 0.2) is 17.3 Å². The highest BCUT2D eigenvalue weighted by atomic mass is 32.2. The van der Waals surface area contributed by atoms with Crippen molar-refractivity contribution < 1.29 is 14.7 Å². The SMILES string of the molecule is CNC(=O)CCn1c(SCC(=O)O)nc2ccc(C)nc21. The molecular weight excluding hydrogens is 292 g/mol. The second-order valence-electron chi connectivity index (χ2n) is 4.45. The van der Waals surface area contributed by atoms with Gasteiger partial charge in [-0.2, -0.15) is 0 Å². The van der Waals surface area contributed by atoms with Crippen molar-refractivity contribution >= 4 is 34.8 Å². The number of pyridine rings is 1. The first-order valence-corrected chi connectivity index (χ1v) is 7.39. The summed E-state index contributed by atoms with van der Waals surface area (Å²) in [4.78, 5) is 31.0. The number of aryl methyl sites for hydroxylation is 2. The minimum absolute atomic E-state index is 0.0811. The van der Waals surface area contributed by atoms with Gasteiger partial charge in [0.1, 0.15) is 5.52 Å². The molecule has 2 rings (SSSR count). The maximum atomic E-state index is 11.4. The van der Waals surface area contributed by atoms with Crippen LogP contribution in [0.1, 0.15) is 12.1 Å². The van der Waals surface area contributed by atoms with Crippen molar-refractivity contribution in [3.63, 3.8) is 0 Å². The Morgan fingerprint density at radius 2 is 2.14 bits per heavy atom. The van der Waals surface area contributed by atoms with Gasteiger partial charge >= 0.3 is 5.97 Å². The smallest absolute Gasteiger partial charge is 0.313 e. The van der Waals surface area contributed by atoms with Crippen LogP contribution in [-0.4, -0.2) is 44.3 Å². The van der Waals surface area contributed by atoms with Gasteiger partial charge in [0.25, 0.3) is 0 Å². The highest BCUT2D eigenvalue weighted by Crippen LogP contribution is 2.23. The number of carbonyl (C=O) groups excluding carboxylic acids is 1. The van der Waals surface area contributed by atoms with Crippen molar-refractivity contribution in [2.45, 2.75) is 25.0 Å². The number of aromatic nitrogens is 3. The first-order chi connectivity index (χ1) is 10.0. The summed E-state index contributed by atoms with van der Waals surface area (Å²) in [6.45, 7) is 2.29. The lowest BCUT2D eigenvalue weighted by atomic mass is 10.3. The number of nitrogens with one attached hydrogen (secondary N) is 1. The van der Waals surface area contributed by atoms with Crippen molar-refractivity contribution in [3.05, 3.63) is 17.8 Å². The molecule has 7 nitrogen and oxygen atoms in total. The number of carboxylic acids is 1. The number of fused-ring (bicyclic) bond motifs is 1. The zero-order chi connectivity index (χ0) is 15.4. The van der Waals surface area contributed by atoms with Gasteiger partial charge < -0.3 is 15.0 Å². The molecule has 0 aromatic carbocycles. The molecule has 21 heavy (non-hydrogen) atoms. The van der Waals surface area contributed by atoms with Gasteiger partial charge in [0.05, 0.1) is 5.75 Å². The number of rotatable bonds is 6. The molecule has 8 heteroatoms. The first-order valence-electron chi connectivity index (χ1n) is 6.40. The number of thioether (sulfide) groups is 1. The largest absolute Gasteiger partial charge is 0.481 e. The number of hydrogen-bond donors (Lipinski definition) is 2. The molecule has 0 aliphatic heterocycles. The molecule has 0 unspecified atom stereocenters. The Morgan fingerprint density at radius 1 is 1.38 bits per heavy atom. The maximum absolute atomic E-state index is 11.4. The van der Waals surface area contributed by atoms with Crippen LogP contribution >= 0.6 is 11.8 Å². The van der Waals surface area contributed by atoms with E-state index in [4.69, 9.17) is 5.11 Å². The summed E-state index contributed by atoms with van der Waals surface area (Å²) in [5.74, 6) is -1.07. The van der Waals surface area contributed by atoms with E-state index in [-0.39, 0.29) is 18.1 Å². The summed E-state index contributed by atoms with van der Waals surface area (Å²) < 4.78 is 1.80. The van der Waals surface area contributed by atoms with Crippen molar-refractivity contribution in [1.82, 2.24) is 19.9 Å². The average molecular weight is 308 g/mol. The van der Waals surface area contributed by atoms with Crippen molar-refractivity contribution in [3.8, 4) is 0 Å². The zero-order valence-electron chi connectivity index (χ0n) is 11.8. The van der Waals surface area contributed by atoms with Crippen molar-refractivity contribution in [2.24, 2.45) is 0 Å². The van der Waals surface area contributed by atoms with Crippen LogP contribution in [-0.2, 0) is 16.1 Å². The first kappa shape index (κ1) is 15.3. The number of carbonyl (C=O) groups is 2. The summed E-state index contributed by atoms with van der Waals surface area (Å²) in [7, 11) is 1.58. The Bertz CT molecular complexity index is 683. The lowest BCUT2D eigenvalue weighted by molar-refractivity contribution is -0.134. The third kappa shape index (κ3) is 3.72. The molecule has 0 spiro atoms. The second-order valence-corrected chi connectivity index (χ2v) is 5.39. The van der Waals surface area contributed by atoms with E-state index in [1.165, 1.54) is 0 Å². The lowest BCUT2D eigenvalue weighted by Crippen LogP contribution is -2.19. The van der Waals surface area contributed by atoms with E-state index in [0.717, 1.165) is 17.5 Å². The van der Waals surface area contributed by atoms with Gasteiger partial charge in [-0.15, -0.1) is 0 Å². The van der Waals surface area contributed by atoms with E-state index in [1.54, 1.807) is 11.6 Å². The van der Waals surface area contributed by atoms with Crippen molar-refractivity contribution in [1.29, 1.82) is 0 Å². The molecule has 0 bridgehead atoms. The third-order valence-electron chi connectivity index (χ3n) is 2.86. The topological polar surface area (TPSA) is 97.1 Å². The van der Waals surface area contributed by atoms with E-state index in [9.17, 15) is 9.59 Å². The van der Waals surface area contributed by atoms with Gasteiger partial charge in [-0.05, 0) is 19.1 Å². The molecule has 0 radical (unpaired) electrons. The zero-order valence-corrected chi connectivity index (χ0v) is 12.6. The minimum Gasteiger partial charge on any atom is -0.481 e. The molecular formula is C13H16N4O3S. The number of amides is 1. The summed E-state index contributed by atoms with van der Waals surface area (Å²) in [6.07, 6.45) is 0.290. The molecule has 2 N–H and O–H groups in total. The van der Waals surface area contributed by atoms with Crippen LogP contribution in [0.2, 0.25) is 0 Å². The maximum Gasteiger partial charge on any atom is 0.313 e. The predicted molar refractivity (Wildman–Crippen MR) is 79.3 cm³/mol. The molecule has 2 heterocycles. The fraction of sp³-hybridized carbons (Fsp3) is 0.385. The fourth-order valence-corrected chi connectivity index (χ4v) is 2.60. The van der Waals surface area contributed by atoms with Crippen LogP contribution in [0.3, 0.4) is 0 Å². The summed E-state index contributed by atoms with van der Waals surface area (Å²) in [5.41, 5.74) is 2.22. The van der Waals surface area contributed by atoms with Crippen LogP contribution < -0.4 is 5.32 Å². The molecule has 0 aliphatic rings. The molecule has 0 aliphatic carbocycles. The summed E-state index contributed by atoms with van der Waals surface area (Å²) in [6, 6.07) is 3.70. The number of hydrogen-bond acceptors (Lipinski definition) is 5. The second kappa shape index (κ2) is 6.57. The minimum atomic E-state index is -0.908. The molecule has 112 valence electrons. The molecule has 0 saturated heterocycles. The Morgan fingerprint density at radius 3 is 2.81 bits per heavy atom. The van der Waals surface area contributed by atoms with E-state index in [2.05, 4.69) is 15.3 Å². The average Bonchev–Trinajstić information content (AvgIpc) is 2.79. The van der Waals surface area contributed by atoms with E-state index >= 15 is 0 Å². The van der Waals surface area contributed by atoms with E-state index in [0.29, 0.717) is 22.9 Å². The molecule has 0 atom stereocenters. The standard InChI is InChI=1S/C13H16N4O3S/c1-8-3-4-9-12(15-8)17(6-5-10(18)14-2)13(16-9)21-7-11(19)20/h3-4H,5-7H2,1-2H3,(H,14,18)(H,19,20). The number of nitrogens with zero attached hydrogens (tertiary/aromatic N) is 3.